The fraction of sp³-hybridized carbons (Fsp3) is 0.538. The number of rotatable bonds is 3. The van der Waals surface area contributed by atoms with Crippen molar-refractivity contribution in [1.82, 2.24) is 10.3 Å². The molecule has 1 atom stereocenters. The van der Waals surface area contributed by atoms with E-state index in [-0.39, 0.29) is 18.5 Å². The normalized spacial score (nSPS) is 12.9. The molecule has 1 amide bonds. The van der Waals surface area contributed by atoms with Crippen molar-refractivity contribution in [2.45, 2.75) is 45.9 Å². The summed E-state index contributed by atoms with van der Waals surface area (Å²) in [4.78, 5) is 15.9. The quantitative estimate of drug-likeness (QED) is 0.781. The first-order valence-corrected chi connectivity index (χ1v) is 6.98. The molecule has 4 N–H and O–H groups in total. The van der Waals surface area contributed by atoms with Crippen molar-refractivity contribution in [3.63, 3.8) is 0 Å². The van der Waals surface area contributed by atoms with Crippen molar-refractivity contribution < 1.29 is 14.6 Å². The van der Waals surface area contributed by atoms with Crippen LogP contribution in [0.2, 0.25) is 0 Å². The summed E-state index contributed by atoms with van der Waals surface area (Å²) < 4.78 is 5.85. The van der Waals surface area contributed by atoms with Crippen LogP contribution in [-0.2, 0) is 11.3 Å². The molecule has 0 saturated carbocycles. The summed E-state index contributed by atoms with van der Waals surface area (Å²) in [5.41, 5.74) is 6.28. The Morgan fingerprint density at radius 2 is 2.20 bits per heavy atom. The van der Waals surface area contributed by atoms with Crippen LogP contribution in [0.15, 0.2) is 10.5 Å². The van der Waals surface area contributed by atoms with E-state index in [1.54, 1.807) is 33.8 Å². The van der Waals surface area contributed by atoms with Crippen molar-refractivity contribution >= 4 is 27.8 Å². The Hall–Kier alpha value is -1.34. The number of pyridine rings is 1. The van der Waals surface area contributed by atoms with Crippen LogP contribution in [0.1, 0.15) is 45.0 Å². The van der Waals surface area contributed by atoms with E-state index in [1.165, 1.54) is 0 Å². The molecule has 1 heterocycles. The molecule has 0 fully saturated rings. The SMILES string of the molecule is CC(NC(=O)OC(C)(C)C)c1nc(N)c(CO)cc1Br. The van der Waals surface area contributed by atoms with Crippen LogP contribution in [0.3, 0.4) is 0 Å². The van der Waals surface area contributed by atoms with Gasteiger partial charge < -0.3 is 20.9 Å². The van der Waals surface area contributed by atoms with E-state index in [4.69, 9.17) is 15.6 Å². The lowest BCUT2D eigenvalue weighted by molar-refractivity contribution is 0.0506. The Balaban J connectivity index is 2.85. The summed E-state index contributed by atoms with van der Waals surface area (Å²) in [6.07, 6.45) is -0.525. The lowest BCUT2D eigenvalue weighted by Crippen LogP contribution is -2.34. The van der Waals surface area contributed by atoms with Crippen molar-refractivity contribution in [2.75, 3.05) is 5.73 Å². The molecule has 7 heteroatoms. The molecule has 0 spiro atoms. The Morgan fingerprint density at radius 1 is 1.60 bits per heavy atom. The molecule has 0 aliphatic carbocycles. The van der Waals surface area contributed by atoms with Gasteiger partial charge in [0.05, 0.1) is 18.3 Å². The van der Waals surface area contributed by atoms with E-state index in [0.717, 1.165) is 0 Å². The monoisotopic (exact) mass is 345 g/mol. The third-order valence-electron chi connectivity index (χ3n) is 2.43. The number of halogens is 1. The lowest BCUT2D eigenvalue weighted by atomic mass is 10.1. The number of anilines is 1. The van der Waals surface area contributed by atoms with Gasteiger partial charge in [-0.2, -0.15) is 0 Å². The molecule has 0 aliphatic rings. The highest BCUT2D eigenvalue weighted by molar-refractivity contribution is 9.10. The number of ether oxygens (including phenoxy) is 1. The number of nitrogens with one attached hydrogen (secondary N) is 1. The minimum absolute atomic E-state index is 0.189. The number of aliphatic hydroxyl groups excluding tert-OH is 1. The van der Waals surface area contributed by atoms with Crippen LogP contribution in [0.5, 0.6) is 0 Å². The van der Waals surface area contributed by atoms with Gasteiger partial charge in [0, 0.05) is 10.0 Å². The molecular formula is C13H20BrN3O3. The van der Waals surface area contributed by atoms with E-state index in [0.29, 0.717) is 15.7 Å². The zero-order valence-electron chi connectivity index (χ0n) is 12.0. The highest BCUT2D eigenvalue weighted by atomic mass is 79.9. The van der Waals surface area contributed by atoms with Gasteiger partial charge in [0.15, 0.2) is 0 Å². The molecule has 0 aromatic carbocycles. The van der Waals surface area contributed by atoms with Crippen LogP contribution in [0.25, 0.3) is 0 Å². The molecule has 0 aliphatic heterocycles. The van der Waals surface area contributed by atoms with Gasteiger partial charge in [-0.15, -0.1) is 0 Å². The Kier molecular flexibility index (Phi) is 5.35. The first kappa shape index (κ1) is 16.7. The van der Waals surface area contributed by atoms with Crippen molar-refractivity contribution in [3.8, 4) is 0 Å². The van der Waals surface area contributed by atoms with Gasteiger partial charge in [0.25, 0.3) is 0 Å². The Labute approximate surface area is 126 Å². The Morgan fingerprint density at radius 3 is 2.70 bits per heavy atom. The van der Waals surface area contributed by atoms with Gasteiger partial charge in [0.2, 0.25) is 0 Å². The van der Waals surface area contributed by atoms with Gasteiger partial charge in [0.1, 0.15) is 11.4 Å². The molecule has 1 aromatic heterocycles. The average molecular weight is 346 g/mol. The number of nitrogens with two attached hydrogens (primary N) is 1. The molecule has 1 aromatic rings. The maximum Gasteiger partial charge on any atom is 0.408 e. The van der Waals surface area contributed by atoms with Crippen molar-refractivity contribution in [2.24, 2.45) is 0 Å². The highest BCUT2D eigenvalue weighted by Crippen LogP contribution is 2.25. The van der Waals surface area contributed by atoms with Gasteiger partial charge >= 0.3 is 6.09 Å². The first-order chi connectivity index (χ1) is 9.14. The smallest absolute Gasteiger partial charge is 0.408 e. The van der Waals surface area contributed by atoms with Gasteiger partial charge in [-0.05, 0) is 49.7 Å². The number of carbonyl (C=O) groups is 1. The van der Waals surface area contributed by atoms with Crippen LogP contribution in [-0.4, -0.2) is 21.8 Å². The number of nitrogens with zero attached hydrogens (tertiary/aromatic N) is 1. The first-order valence-electron chi connectivity index (χ1n) is 6.19. The number of hydrogen-bond donors (Lipinski definition) is 3. The fourth-order valence-electron chi connectivity index (χ4n) is 1.54. The number of carbonyl (C=O) groups excluding carboxylic acids is 1. The second-order valence-electron chi connectivity index (χ2n) is 5.43. The third kappa shape index (κ3) is 4.64. The second-order valence-corrected chi connectivity index (χ2v) is 6.28. The number of hydrogen-bond acceptors (Lipinski definition) is 5. The molecule has 20 heavy (non-hydrogen) atoms. The van der Waals surface area contributed by atoms with Gasteiger partial charge in [-0.25, -0.2) is 9.78 Å². The zero-order valence-corrected chi connectivity index (χ0v) is 13.6. The minimum Gasteiger partial charge on any atom is -0.444 e. The summed E-state index contributed by atoms with van der Waals surface area (Å²) in [6.45, 7) is 6.96. The molecule has 6 nitrogen and oxygen atoms in total. The predicted octanol–water partition coefficient (Wildman–Crippen LogP) is 2.50. The highest BCUT2D eigenvalue weighted by Gasteiger charge is 2.20. The van der Waals surface area contributed by atoms with E-state index in [2.05, 4.69) is 26.2 Å². The lowest BCUT2D eigenvalue weighted by Gasteiger charge is -2.22. The van der Waals surface area contributed by atoms with Crippen molar-refractivity contribution in [1.29, 1.82) is 0 Å². The van der Waals surface area contributed by atoms with E-state index in [1.807, 2.05) is 0 Å². The summed E-state index contributed by atoms with van der Waals surface area (Å²) in [5, 5.41) is 11.8. The van der Waals surface area contributed by atoms with E-state index >= 15 is 0 Å². The standard InChI is InChI=1S/C13H20BrN3O3/c1-7(16-12(19)20-13(2,3)4)10-9(14)5-8(6-18)11(15)17-10/h5,7,18H,6H2,1-4H3,(H2,15,17)(H,16,19). The molecule has 112 valence electrons. The number of amides is 1. The van der Waals surface area contributed by atoms with Crippen LogP contribution >= 0.6 is 15.9 Å². The predicted molar refractivity (Wildman–Crippen MR) is 80.1 cm³/mol. The maximum atomic E-state index is 11.7. The summed E-state index contributed by atoms with van der Waals surface area (Å²) >= 11 is 3.35. The number of aliphatic hydroxyl groups is 1. The minimum atomic E-state index is -0.561. The van der Waals surface area contributed by atoms with Crippen molar-refractivity contribution in [3.05, 3.63) is 21.8 Å². The van der Waals surface area contributed by atoms with E-state index < -0.39 is 11.7 Å². The summed E-state index contributed by atoms with van der Waals surface area (Å²) in [6, 6.07) is 1.31. The summed E-state index contributed by atoms with van der Waals surface area (Å²) in [7, 11) is 0. The number of nitrogen functional groups attached to an aromatic ring is 1. The second kappa shape index (κ2) is 6.41. The van der Waals surface area contributed by atoms with E-state index in [9.17, 15) is 4.79 Å². The van der Waals surface area contributed by atoms with Gasteiger partial charge in [-0.1, -0.05) is 0 Å². The molecular weight excluding hydrogens is 326 g/mol. The zero-order chi connectivity index (χ0) is 15.5. The largest absolute Gasteiger partial charge is 0.444 e. The number of alkyl carbamates (subject to hydrolysis) is 1. The molecule has 0 bridgehead atoms. The molecule has 0 radical (unpaired) electrons. The molecule has 0 saturated heterocycles. The van der Waals surface area contributed by atoms with Crippen LogP contribution < -0.4 is 11.1 Å². The van der Waals surface area contributed by atoms with Crippen LogP contribution in [0, 0.1) is 0 Å². The molecule has 1 unspecified atom stereocenters. The third-order valence-corrected chi connectivity index (χ3v) is 3.06. The molecule has 1 rings (SSSR count). The topological polar surface area (TPSA) is 97.5 Å². The Bertz CT molecular complexity index is 500. The average Bonchev–Trinajstić information content (AvgIpc) is 2.28. The van der Waals surface area contributed by atoms with Crippen LogP contribution in [0.4, 0.5) is 10.6 Å². The maximum absolute atomic E-state index is 11.7. The number of aromatic nitrogens is 1. The summed E-state index contributed by atoms with van der Waals surface area (Å²) in [5.74, 6) is 0.239. The fourth-order valence-corrected chi connectivity index (χ4v) is 2.25. The van der Waals surface area contributed by atoms with Gasteiger partial charge in [-0.3, -0.25) is 0 Å².